The molecule has 7 nitrogen and oxygen atoms in total. The van der Waals surface area contributed by atoms with Gasteiger partial charge in [-0.3, -0.25) is 4.79 Å². The van der Waals surface area contributed by atoms with Crippen molar-refractivity contribution in [2.45, 2.75) is 50.6 Å². The predicted molar refractivity (Wildman–Crippen MR) is 121 cm³/mol. The lowest BCUT2D eigenvalue weighted by atomic mass is 10.1. The number of sulfonamides is 1. The fourth-order valence-corrected chi connectivity index (χ4v) is 5.51. The summed E-state index contributed by atoms with van der Waals surface area (Å²) in [6.07, 6.45) is 2.72. The van der Waals surface area contributed by atoms with Crippen LogP contribution in [-0.4, -0.2) is 55.2 Å². The Morgan fingerprint density at radius 1 is 1.06 bits per heavy atom. The highest BCUT2D eigenvalue weighted by molar-refractivity contribution is 7.89. The summed E-state index contributed by atoms with van der Waals surface area (Å²) in [4.78, 5) is 26.6. The largest absolute Gasteiger partial charge is 0.452 e. The lowest BCUT2D eigenvalue weighted by Gasteiger charge is -2.32. The lowest BCUT2D eigenvalue weighted by molar-refractivity contribution is -0.134. The maximum atomic E-state index is 12.9. The Kier molecular flexibility index (Phi) is 8.04. The van der Waals surface area contributed by atoms with Crippen LogP contribution in [-0.2, 0) is 26.1 Å². The molecule has 0 bridgehead atoms. The molecule has 1 fully saturated rings. The van der Waals surface area contributed by atoms with Gasteiger partial charge >= 0.3 is 5.97 Å². The van der Waals surface area contributed by atoms with Crippen LogP contribution >= 0.6 is 0 Å². The van der Waals surface area contributed by atoms with E-state index in [-0.39, 0.29) is 29.0 Å². The van der Waals surface area contributed by atoms with Gasteiger partial charge in [-0.2, -0.15) is 4.31 Å². The van der Waals surface area contributed by atoms with E-state index in [1.54, 1.807) is 4.90 Å². The van der Waals surface area contributed by atoms with Crippen molar-refractivity contribution in [2.24, 2.45) is 0 Å². The van der Waals surface area contributed by atoms with Crippen LogP contribution < -0.4 is 0 Å². The first-order valence-electron chi connectivity index (χ1n) is 10.9. The standard InChI is InChI=1S/C24H30N2O5S/c1-3-25(17-20-10-5-4-6-11-20)23(27)18-31-24(28)21-12-14-22(15-13-21)32(29,30)26-16-8-7-9-19(26)2/h4-6,10-15,19H,3,7-9,16-18H2,1-2H3. The van der Waals surface area contributed by atoms with E-state index in [1.165, 1.54) is 28.6 Å². The summed E-state index contributed by atoms with van der Waals surface area (Å²) < 4.78 is 32.5. The smallest absolute Gasteiger partial charge is 0.338 e. The molecule has 0 aliphatic carbocycles. The zero-order valence-corrected chi connectivity index (χ0v) is 19.4. The van der Waals surface area contributed by atoms with E-state index >= 15 is 0 Å². The summed E-state index contributed by atoms with van der Waals surface area (Å²) in [5, 5.41) is 0. The van der Waals surface area contributed by atoms with Gasteiger partial charge in [-0.25, -0.2) is 13.2 Å². The van der Waals surface area contributed by atoms with E-state index in [2.05, 4.69) is 0 Å². The summed E-state index contributed by atoms with van der Waals surface area (Å²) >= 11 is 0. The molecule has 2 aromatic carbocycles. The molecule has 0 saturated carbocycles. The van der Waals surface area contributed by atoms with Crippen molar-refractivity contribution >= 4 is 21.9 Å². The first kappa shape index (κ1) is 23.9. The summed E-state index contributed by atoms with van der Waals surface area (Å²) in [7, 11) is -3.60. The van der Waals surface area contributed by atoms with Crippen LogP contribution in [0.1, 0.15) is 49.0 Å². The van der Waals surface area contributed by atoms with Crippen molar-refractivity contribution in [2.75, 3.05) is 19.7 Å². The lowest BCUT2D eigenvalue weighted by Crippen LogP contribution is -2.41. The summed E-state index contributed by atoms with van der Waals surface area (Å²) in [5.74, 6) is -0.951. The molecule has 0 N–H and O–H groups in total. The van der Waals surface area contributed by atoms with Gasteiger partial charge in [0.1, 0.15) is 0 Å². The highest BCUT2D eigenvalue weighted by Crippen LogP contribution is 2.25. The molecule has 0 spiro atoms. The van der Waals surface area contributed by atoms with Gasteiger partial charge in [0.15, 0.2) is 6.61 Å². The van der Waals surface area contributed by atoms with Crippen molar-refractivity contribution in [1.82, 2.24) is 9.21 Å². The van der Waals surface area contributed by atoms with Crippen molar-refractivity contribution in [3.8, 4) is 0 Å². The van der Waals surface area contributed by atoms with E-state index in [4.69, 9.17) is 4.74 Å². The first-order valence-corrected chi connectivity index (χ1v) is 12.4. The second-order valence-electron chi connectivity index (χ2n) is 7.95. The topological polar surface area (TPSA) is 84.0 Å². The number of carbonyl (C=O) groups is 2. The van der Waals surface area contributed by atoms with Gasteiger partial charge in [-0.15, -0.1) is 0 Å². The maximum absolute atomic E-state index is 12.9. The van der Waals surface area contributed by atoms with E-state index < -0.39 is 16.0 Å². The van der Waals surface area contributed by atoms with E-state index in [1.807, 2.05) is 44.2 Å². The molecule has 1 aliphatic heterocycles. The molecule has 0 radical (unpaired) electrons. The second-order valence-corrected chi connectivity index (χ2v) is 9.85. The molecule has 172 valence electrons. The van der Waals surface area contributed by atoms with Crippen molar-refractivity contribution in [1.29, 1.82) is 0 Å². The first-order chi connectivity index (χ1) is 15.3. The predicted octanol–water partition coefficient (Wildman–Crippen LogP) is 3.46. The maximum Gasteiger partial charge on any atom is 0.338 e. The molecule has 3 rings (SSSR count). The number of ether oxygens (including phenoxy) is 1. The molecule has 1 atom stereocenters. The molecule has 0 aromatic heterocycles. The SMILES string of the molecule is CCN(Cc1ccccc1)C(=O)COC(=O)c1ccc(S(=O)(=O)N2CCCCC2C)cc1. The third-order valence-electron chi connectivity index (χ3n) is 5.72. The zero-order valence-electron chi connectivity index (χ0n) is 18.6. The molecular weight excluding hydrogens is 428 g/mol. The number of benzene rings is 2. The number of hydrogen-bond acceptors (Lipinski definition) is 5. The fourth-order valence-electron chi connectivity index (χ4n) is 3.81. The third-order valence-corrected chi connectivity index (χ3v) is 7.74. The molecule has 2 aromatic rings. The Bertz CT molecular complexity index is 1020. The van der Waals surface area contributed by atoms with Gasteiger partial charge in [0.25, 0.3) is 5.91 Å². The van der Waals surface area contributed by atoms with Crippen LogP contribution in [0.3, 0.4) is 0 Å². The molecule has 1 saturated heterocycles. The van der Waals surface area contributed by atoms with Gasteiger partial charge in [-0.1, -0.05) is 36.8 Å². The highest BCUT2D eigenvalue weighted by Gasteiger charge is 2.31. The molecule has 1 unspecified atom stereocenters. The number of nitrogens with zero attached hydrogens (tertiary/aromatic N) is 2. The van der Waals surface area contributed by atoms with Crippen molar-refractivity contribution in [3.63, 3.8) is 0 Å². The van der Waals surface area contributed by atoms with Gasteiger partial charge in [-0.05, 0) is 56.5 Å². The van der Waals surface area contributed by atoms with Crippen LogP contribution in [0.5, 0.6) is 0 Å². The summed E-state index contributed by atoms with van der Waals surface area (Å²) in [6, 6.07) is 15.2. The minimum atomic E-state index is -3.60. The molecule has 8 heteroatoms. The normalized spacial score (nSPS) is 17.0. The van der Waals surface area contributed by atoms with Gasteiger partial charge in [0.2, 0.25) is 10.0 Å². The van der Waals surface area contributed by atoms with Crippen molar-refractivity contribution < 1.29 is 22.7 Å². The van der Waals surface area contributed by atoms with Crippen LogP contribution in [0.15, 0.2) is 59.5 Å². The Labute approximate surface area is 190 Å². The van der Waals surface area contributed by atoms with E-state index in [0.717, 1.165) is 24.8 Å². The minimum Gasteiger partial charge on any atom is -0.452 e. The summed E-state index contributed by atoms with van der Waals surface area (Å²) in [6.45, 7) is 4.85. The molecule has 1 heterocycles. The Morgan fingerprint density at radius 2 is 1.75 bits per heavy atom. The number of amides is 1. The second kappa shape index (κ2) is 10.7. The average Bonchev–Trinajstić information content (AvgIpc) is 2.81. The van der Waals surface area contributed by atoms with Gasteiger partial charge < -0.3 is 9.64 Å². The molecule has 32 heavy (non-hydrogen) atoms. The molecular formula is C24H30N2O5S. The van der Waals surface area contributed by atoms with Crippen LogP contribution in [0.2, 0.25) is 0 Å². The number of esters is 1. The minimum absolute atomic E-state index is 0.0400. The van der Waals surface area contributed by atoms with E-state index in [0.29, 0.717) is 19.6 Å². The number of piperidine rings is 1. The molecule has 1 aliphatic rings. The Balaban J connectivity index is 1.59. The Hall–Kier alpha value is -2.71. The number of likely N-dealkylation sites (N-methyl/N-ethyl adjacent to an activating group) is 1. The highest BCUT2D eigenvalue weighted by atomic mass is 32.2. The summed E-state index contributed by atoms with van der Waals surface area (Å²) in [5.41, 5.74) is 1.20. The van der Waals surface area contributed by atoms with Crippen molar-refractivity contribution in [3.05, 3.63) is 65.7 Å². The van der Waals surface area contributed by atoms with Crippen LogP contribution in [0, 0.1) is 0 Å². The molecule has 1 amide bonds. The van der Waals surface area contributed by atoms with Crippen LogP contribution in [0.4, 0.5) is 0 Å². The van der Waals surface area contributed by atoms with Crippen LogP contribution in [0.25, 0.3) is 0 Å². The number of hydrogen-bond donors (Lipinski definition) is 0. The number of rotatable bonds is 8. The average molecular weight is 459 g/mol. The fraction of sp³-hybridized carbons (Fsp3) is 0.417. The van der Waals surface area contributed by atoms with E-state index in [9.17, 15) is 18.0 Å². The van der Waals surface area contributed by atoms with Gasteiger partial charge in [0.05, 0.1) is 10.5 Å². The zero-order chi connectivity index (χ0) is 23.1. The number of carbonyl (C=O) groups excluding carboxylic acids is 2. The Morgan fingerprint density at radius 3 is 2.38 bits per heavy atom. The third kappa shape index (κ3) is 5.75. The van der Waals surface area contributed by atoms with Gasteiger partial charge in [0, 0.05) is 25.7 Å². The quantitative estimate of drug-likeness (QED) is 0.566. The monoisotopic (exact) mass is 458 g/mol.